The van der Waals surface area contributed by atoms with Gasteiger partial charge in [0.25, 0.3) is 11.3 Å². The van der Waals surface area contributed by atoms with E-state index in [-0.39, 0.29) is 28.4 Å². The Labute approximate surface area is 133 Å². The molecule has 1 aromatic rings. The Bertz CT molecular complexity index is 574. The van der Waals surface area contributed by atoms with E-state index >= 15 is 0 Å². The molecule has 21 heavy (non-hydrogen) atoms. The van der Waals surface area contributed by atoms with Crippen LogP contribution in [0.15, 0.2) is 12.3 Å². The van der Waals surface area contributed by atoms with Gasteiger partial charge in [0.05, 0.1) is 23.3 Å². The fraction of sp³-hybridized carbons (Fsp3) is 0.455. The van der Waals surface area contributed by atoms with Crippen LogP contribution in [0.25, 0.3) is 0 Å². The van der Waals surface area contributed by atoms with Crippen molar-refractivity contribution < 1.29 is 18.7 Å². The van der Waals surface area contributed by atoms with E-state index in [1.807, 2.05) is 0 Å². The zero-order chi connectivity index (χ0) is 15.6. The molecule has 2 atom stereocenters. The number of halogens is 2. The van der Waals surface area contributed by atoms with Gasteiger partial charge in [0.1, 0.15) is 0 Å². The number of hydrogen-bond donors (Lipinski definition) is 2. The van der Waals surface area contributed by atoms with Crippen LogP contribution in [-0.2, 0) is 11.3 Å². The maximum absolute atomic E-state index is 11.6. The molecular formula is C11H13Cl2N3O4S. The minimum atomic E-state index is -2.37. The summed E-state index contributed by atoms with van der Waals surface area (Å²) in [6, 6.07) is 1.04. The largest absolute Gasteiger partial charge is 0.465 e. The van der Waals surface area contributed by atoms with Crippen LogP contribution >= 0.6 is 23.2 Å². The average Bonchev–Trinajstić information content (AvgIpc) is 2.87. The van der Waals surface area contributed by atoms with Gasteiger partial charge in [-0.1, -0.05) is 23.2 Å². The van der Waals surface area contributed by atoms with Gasteiger partial charge in [-0.25, -0.2) is 14.0 Å². The average molecular weight is 354 g/mol. The van der Waals surface area contributed by atoms with E-state index in [0.29, 0.717) is 19.4 Å². The van der Waals surface area contributed by atoms with Crippen LogP contribution in [0.3, 0.4) is 0 Å². The summed E-state index contributed by atoms with van der Waals surface area (Å²) >= 11 is 9.39. The minimum absolute atomic E-state index is 0.0293. The van der Waals surface area contributed by atoms with Crippen molar-refractivity contribution >= 4 is 46.2 Å². The third-order valence-corrected chi connectivity index (χ3v) is 4.46. The Morgan fingerprint density at radius 3 is 2.90 bits per heavy atom. The summed E-state index contributed by atoms with van der Waals surface area (Å²) in [5.74, 6) is 0. The lowest BCUT2D eigenvalue weighted by atomic mass is 10.2. The summed E-state index contributed by atoms with van der Waals surface area (Å²) in [5, 5.41) is 9.41. The molecule has 0 aliphatic carbocycles. The molecule has 1 unspecified atom stereocenters. The highest BCUT2D eigenvalue weighted by Crippen LogP contribution is 2.29. The number of nitrogens with zero attached hydrogens (tertiary/aromatic N) is 3. The second-order valence-corrected chi connectivity index (χ2v) is 6.22. The molecule has 2 rings (SSSR count). The number of aromatic nitrogens is 1. The van der Waals surface area contributed by atoms with E-state index in [0.717, 1.165) is 4.31 Å². The second-order valence-electron chi connectivity index (χ2n) is 4.53. The molecule has 0 spiro atoms. The number of hydrogen-bond acceptors (Lipinski definition) is 3. The van der Waals surface area contributed by atoms with E-state index in [4.69, 9.17) is 28.3 Å². The molecule has 0 aromatic carbocycles. The van der Waals surface area contributed by atoms with Gasteiger partial charge >= 0.3 is 6.09 Å². The van der Waals surface area contributed by atoms with Crippen LogP contribution in [-0.4, -0.2) is 49.0 Å². The summed E-state index contributed by atoms with van der Waals surface area (Å²) in [5.41, 5.74) is 0.197. The number of pyridine rings is 1. The molecule has 1 aromatic heterocycles. The van der Waals surface area contributed by atoms with E-state index in [9.17, 15) is 13.6 Å². The lowest BCUT2D eigenvalue weighted by Crippen LogP contribution is -2.43. The van der Waals surface area contributed by atoms with Crippen LogP contribution in [0.2, 0.25) is 10.2 Å². The number of anilines is 1. The first-order chi connectivity index (χ1) is 9.90. The second kappa shape index (κ2) is 6.78. The van der Waals surface area contributed by atoms with Crippen molar-refractivity contribution in [2.24, 2.45) is 0 Å². The Kier molecular flexibility index (Phi) is 5.26. The van der Waals surface area contributed by atoms with Gasteiger partial charge in [0, 0.05) is 12.7 Å². The molecule has 1 aliphatic rings. The third kappa shape index (κ3) is 3.76. The fourth-order valence-electron chi connectivity index (χ4n) is 2.30. The molecule has 1 saturated heterocycles. The van der Waals surface area contributed by atoms with Crippen molar-refractivity contribution in [2.75, 3.05) is 17.4 Å². The van der Waals surface area contributed by atoms with Gasteiger partial charge in [0.15, 0.2) is 5.15 Å². The molecule has 10 heteroatoms. The molecule has 1 amide bonds. The van der Waals surface area contributed by atoms with Crippen molar-refractivity contribution in [2.45, 2.75) is 18.9 Å². The molecule has 0 saturated carbocycles. The van der Waals surface area contributed by atoms with Crippen LogP contribution in [0.4, 0.5) is 10.5 Å². The monoisotopic (exact) mass is 353 g/mol. The molecule has 0 bridgehead atoms. The summed E-state index contributed by atoms with van der Waals surface area (Å²) in [6.07, 6.45) is 1.61. The summed E-state index contributed by atoms with van der Waals surface area (Å²) in [7, 11) is 0. The molecule has 0 radical (unpaired) electrons. The quantitative estimate of drug-likeness (QED) is 0.640. The van der Waals surface area contributed by atoms with Crippen LogP contribution in [0, 0.1) is 0 Å². The van der Waals surface area contributed by atoms with E-state index in [2.05, 4.69) is 4.98 Å². The topological polar surface area (TPSA) is 94.0 Å². The molecular weight excluding hydrogens is 341 g/mol. The smallest absolute Gasteiger partial charge is 0.407 e. The van der Waals surface area contributed by atoms with Gasteiger partial charge < -0.3 is 10.0 Å². The Hall–Kier alpha value is -1.09. The first-order valence-corrected chi connectivity index (χ1v) is 7.91. The van der Waals surface area contributed by atoms with Gasteiger partial charge in [-0.3, -0.25) is 8.86 Å². The number of carboxylic acid groups (broad SMARTS) is 1. The van der Waals surface area contributed by atoms with Gasteiger partial charge in [-0.2, -0.15) is 0 Å². The predicted octanol–water partition coefficient (Wildman–Crippen LogP) is 2.47. The maximum atomic E-state index is 11.6. The third-order valence-electron chi connectivity index (χ3n) is 3.24. The minimum Gasteiger partial charge on any atom is -0.465 e. The van der Waals surface area contributed by atoms with E-state index in [1.54, 1.807) is 0 Å². The molecule has 2 N–H and O–H groups in total. The SMILES string of the molecule is O=C(O)N1CCC[C@@H]1CN(c1cc(Cl)cnc1Cl)S(=O)O. The highest BCUT2D eigenvalue weighted by atomic mass is 35.5. The fourth-order valence-corrected chi connectivity index (χ4v) is 3.32. The molecule has 7 nitrogen and oxygen atoms in total. The zero-order valence-corrected chi connectivity index (χ0v) is 13.1. The highest BCUT2D eigenvalue weighted by Gasteiger charge is 2.32. The van der Waals surface area contributed by atoms with Crippen molar-refractivity contribution in [3.63, 3.8) is 0 Å². The molecule has 2 heterocycles. The normalized spacial score (nSPS) is 19.6. The Morgan fingerprint density at radius 1 is 1.57 bits per heavy atom. The van der Waals surface area contributed by atoms with Gasteiger partial charge in [-0.15, -0.1) is 0 Å². The van der Waals surface area contributed by atoms with Crippen molar-refractivity contribution in [1.29, 1.82) is 0 Å². The number of likely N-dealkylation sites (tertiary alicyclic amines) is 1. The Balaban J connectivity index is 2.26. The van der Waals surface area contributed by atoms with E-state index < -0.39 is 17.4 Å². The zero-order valence-electron chi connectivity index (χ0n) is 10.8. The van der Waals surface area contributed by atoms with E-state index in [1.165, 1.54) is 17.2 Å². The predicted molar refractivity (Wildman–Crippen MR) is 80.1 cm³/mol. The first kappa shape index (κ1) is 16.3. The van der Waals surface area contributed by atoms with Crippen LogP contribution in [0.5, 0.6) is 0 Å². The lowest BCUT2D eigenvalue weighted by Gasteiger charge is -2.28. The standard InChI is InChI=1S/C11H13Cl2N3O4S/c12-7-4-9(10(13)14-5-7)16(21(19)20)6-8-2-1-3-15(8)11(17)18/h4-5,8H,1-3,6H2,(H,17,18)(H,19,20)/t8-/m1/s1. The van der Waals surface area contributed by atoms with Crippen LogP contribution in [0.1, 0.15) is 12.8 Å². The van der Waals surface area contributed by atoms with Crippen molar-refractivity contribution in [3.05, 3.63) is 22.4 Å². The molecule has 1 fully saturated rings. The van der Waals surface area contributed by atoms with Crippen LogP contribution < -0.4 is 4.31 Å². The first-order valence-electron chi connectivity index (χ1n) is 6.09. The summed E-state index contributed by atoms with van der Waals surface area (Å²) in [4.78, 5) is 16.2. The number of carbonyl (C=O) groups is 1. The van der Waals surface area contributed by atoms with Crippen molar-refractivity contribution in [1.82, 2.24) is 9.88 Å². The molecule has 1 aliphatic heterocycles. The van der Waals surface area contributed by atoms with Crippen molar-refractivity contribution in [3.8, 4) is 0 Å². The highest BCUT2D eigenvalue weighted by molar-refractivity contribution is 7.80. The molecule has 116 valence electrons. The maximum Gasteiger partial charge on any atom is 0.407 e. The van der Waals surface area contributed by atoms with Gasteiger partial charge in [-0.05, 0) is 18.9 Å². The number of rotatable bonds is 4. The van der Waals surface area contributed by atoms with Gasteiger partial charge in [0.2, 0.25) is 0 Å². The summed E-state index contributed by atoms with van der Waals surface area (Å²) in [6.45, 7) is 0.449. The summed E-state index contributed by atoms with van der Waals surface area (Å²) < 4.78 is 22.1. The number of amides is 1. The lowest BCUT2D eigenvalue weighted by molar-refractivity contribution is 0.141. The Morgan fingerprint density at radius 2 is 2.29 bits per heavy atom.